The SMILES string of the molecule is CCOC1CC(NCCN2CCCC2)C12CCCCC2. The number of nitrogens with one attached hydrogen (secondary N) is 1. The Balaban J connectivity index is 1.48. The number of ether oxygens (including phenoxy) is 1. The minimum Gasteiger partial charge on any atom is -0.378 e. The van der Waals surface area contributed by atoms with Crippen LogP contribution in [0.1, 0.15) is 58.3 Å². The van der Waals surface area contributed by atoms with E-state index in [2.05, 4.69) is 17.1 Å². The summed E-state index contributed by atoms with van der Waals surface area (Å²) in [5, 5.41) is 3.87. The molecule has 3 fully saturated rings. The van der Waals surface area contributed by atoms with Gasteiger partial charge in [0.25, 0.3) is 0 Å². The highest BCUT2D eigenvalue weighted by Gasteiger charge is 2.55. The molecule has 0 amide bonds. The van der Waals surface area contributed by atoms with Crippen molar-refractivity contribution in [1.82, 2.24) is 10.2 Å². The van der Waals surface area contributed by atoms with Gasteiger partial charge in [0.2, 0.25) is 0 Å². The maximum atomic E-state index is 6.03. The van der Waals surface area contributed by atoms with Gasteiger partial charge in [0.15, 0.2) is 0 Å². The van der Waals surface area contributed by atoms with Gasteiger partial charge in [-0.1, -0.05) is 19.3 Å². The number of rotatable bonds is 6. The first-order chi connectivity index (χ1) is 9.85. The Hall–Kier alpha value is -0.120. The highest BCUT2D eigenvalue weighted by molar-refractivity contribution is 5.08. The normalized spacial score (nSPS) is 33.5. The average molecular weight is 280 g/mol. The molecule has 2 saturated carbocycles. The van der Waals surface area contributed by atoms with Crippen molar-refractivity contribution in [2.45, 2.75) is 70.4 Å². The molecule has 0 aromatic rings. The van der Waals surface area contributed by atoms with Crippen LogP contribution < -0.4 is 5.32 Å². The fourth-order valence-electron chi connectivity index (χ4n) is 4.75. The smallest absolute Gasteiger partial charge is 0.0661 e. The van der Waals surface area contributed by atoms with E-state index < -0.39 is 0 Å². The van der Waals surface area contributed by atoms with E-state index in [0.29, 0.717) is 11.5 Å². The van der Waals surface area contributed by atoms with Gasteiger partial charge in [-0.05, 0) is 52.1 Å². The van der Waals surface area contributed by atoms with Gasteiger partial charge in [0.1, 0.15) is 0 Å². The van der Waals surface area contributed by atoms with E-state index in [9.17, 15) is 0 Å². The molecule has 0 aromatic carbocycles. The average Bonchev–Trinajstić information content (AvgIpc) is 3.00. The lowest BCUT2D eigenvalue weighted by molar-refractivity contribution is -0.149. The summed E-state index contributed by atoms with van der Waals surface area (Å²) in [6, 6.07) is 0.724. The van der Waals surface area contributed by atoms with Crippen LogP contribution in [-0.2, 0) is 4.74 Å². The fraction of sp³-hybridized carbons (Fsp3) is 1.00. The Morgan fingerprint density at radius 2 is 1.85 bits per heavy atom. The molecule has 1 saturated heterocycles. The molecule has 1 heterocycles. The first-order valence-corrected chi connectivity index (χ1v) is 8.92. The highest BCUT2D eigenvalue weighted by atomic mass is 16.5. The lowest BCUT2D eigenvalue weighted by Crippen LogP contribution is -2.65. The van der Waals surface area contributed by atoms with Gasteiger partial charge in [-0.25, -0.2) is 0 Å². The summed E-state index contributed by atoms with van der Waals surface area (Å²) in [6.07, 6.45) is 11.6. The van der Waals surface area contributed by atoms with E-state index in [4.69, 9.17) is 4.74 Å². The Labute approximate surface area is 124 Å². The molecule has 20 heavy (non-hydrogen) atoms. The van der Waals surface area contributed by atoms with Crippen molar-refractivity contribution in [2.75, 3.05) is 32.8 Å². The molecule has 1 N–H and O–H groups in total. The first kappa shape index (κ1) is 14.8. The third kappa shape index (κ3) is 2.90. The van der Waals surface area contributed by atoms with Gasteiger partial charge < -0.3 is 15.0 Å². The number of hydrogen-bond donors (Lipinski definition) is 1. The largest absolute Gasteiger partial charge is 0.378 e. The molecule has 3 rings (SSSR count). The fourth-order valence-corrected chi connectivity index (χ4v) is 4.75. The predicted molar refractivity (Wildman–Crippen MR) is 83.0 cm³/mol. The van der Waals surface area contributed by atoms with E-state index >= 15 is 0 Å². The monoisotopic (exact) mass is 280 g/mol. The first-order valence-electron chi connectivity index (χ1n) is 8.92. The molecule has 2 atom stereocenters. The standard InChI is InChI=1S/C17H32N2O/c1-2-20-16-14-15(17(16)8-4-3-5-9-17)18-10-13-19-11-6-7-12-19/h15-16,18H,2-14H2,1H3. The Morgan fingerprint density at radius 1 is 1.10 bits per heavy atom. The van der Waals surface area contributed by atoms with E-state index in [0.717, 1.165) is 12.6 Å². The van der Waals surface area contributed by atoms with E-state index in [-0.39, 0.29) is 0 Å². The van der Waals surface area contributed by atoms with Gasteiger partial charge in [-0.2, -0.15) is 0 Å². The van der Waals surface area contributed by atoms with Crippen LogP contribution in [0.25, 0.3) is 0 Å². The minimum atomic E-state index is 0.485. The van der Waals surface area contributed by atoms with Gasteiger partial charge >= 0.3 is 0 Å². The quantitative estimate of drug-likeness (QED) is 0.810. The molecule has 0 aromatic heterocycles. The molecule has 116 valence electrons. The molecule has 3 nitrogen and oxygen atoms in total. The van der Waals surface area contributed by atoms with Crippen molar-refractivity contribution < 1.29 is 4.74 Å². The summed E-state index contributed by atoms with van der Waals surface area (Å²) >= 11 is 0. The van der Waals surface area contributed by atoms with Crippen molar-refractivity contribution in [1.29, 1.82) is 0 Å². The van der Waals surface area contributed by atoms with Crippen LogP contribution in [0.5, 0.6) is 0 Å². The van der Waals surface area contributed by atoms with E-state index in [1.54, 1.807) is 0 Å². The molecule has 0 bridgehead atoms. The zero-order valence-corrected chi connectivity index (χ0v) is 13.2. The van der Waals surface area contributed by atoms with Crippen LogP contribution in [0.4, 0.5) is 0 Å². The molecule has 2 unspecified atom stereocenters. The molecule has 1 aliphatic heterocycles. The van der Waals surface area contributed by atoms with Crippen LogP contribution in [-0.4, -0.2) is 49.8 Å². The second kappa shape index (κ2) is 6.76. The number of nitrogens with zero attached hydrogens (tertiary/aromatic N) is 1. The van der Waals surface area contributed by atoms with Crippen LogP contribution in [0.15, 0.2) is 0 Å². The molecule has 3 aliphatic rings. The zero-order valence-electron chi connectivity index (χ0n) is 13.2. The Kier molecular flexibility index (Phi) is 5.00. The molecule has 3 heteroatoms. The van der Waals surface area contributed by atoms with Crippen molar-refractivity contribution in [3.05, 3.63) is 0 Å². The second-order valence-corrected chi connectivity index (χ2v) is 7.03. The van der Waals surface area contributed by atoms with Crippen LogP contribution in [0.2, 0.25) is 0 Å². The predicted octanol–water partition coefficient (Wildman–Crippen LogP) is 2.80. The molecule has 0 radical (unpaired) electrons. The van der Waals surface area contributed by atoms with Crippen molar-refractivity contribution in [3.8, 4) is 0 Å². The summed E-state index contributed by atoms with van der Waals surface area (Å²) in [6.45, 7) is 8.08. The third-order valence-electron chi connectivity index (χ3n) is 5.95. The molecular formula is C17H32N2O. The van der Waals surface area contributed by atoms with Gasteiger partial charge in [0.05, 0.1) is 6.10 Å². The van der Waals surface area contributed by atoms with Gasteiger partial charge in [0, 0.05) is 31.2 Å². The summed E-state index contributed by atoms with van der Waals surface area (Å²) in [4.78, 5) is 2.61. The van der Waals surface area contributed by atoms with E-state index in [1.165, 1.54) is 77.5 Å². The maximum Gasteiger partial charge on any atom is 0.0661 e. The summed E-state index contributed by atoms with van der Waals surface area (Å²) < 4.78 is 6.03. The summed E-state index contributed by atoms with van der Waals surface area (Å²) in [5.41, 5.74) is 0.485. The topological polar surface area (TPSA) is 24.5 Å². The summed E-state index contributed by atoms with van der Waals surface area (Å²) in [7, 11) is 0. The number of hydrogen-bond acceptors (Lipinski definition) is 3. The van der Waals surface area contributed by atoms with E-state index in [1.807, 2.05) is 0 Å². The number of likely N-dealkylation sites (tertiary alicyclic amines) is 1. The van der Waals surface area contributed by atoms with Crippen molar-refractivity contribution >= 4 is 0 Å². The van der Waals surface area contributed by atoms with Gasteiger partial charge in [-0.3, -0.25) is 0 Å². The maximum absolute atomic E-state index is 6.03. The molecule has 2 aliphatic carbocycles. The zero-order chi connectivity index (χ0) is 13.8. The Bertz CT molecular complexity index is 295. The van der Waals surface area contributed by atoms with Crippen LogP contribution in [0.3, 0.4) is 0 Å². The minimum absolute atomic E-state index is 0.485. The van der Waals surface area contributed by atoms with Crippen LogP contribution >= 0.6 is 0 Å². The Morgan fingerprint density at radius 3 is 2.55 bits per heavy atom. The van der Waals surface area contributed by atoms with Crippen molar-refractivity contribution in [2.24, 2.45) is 5.41 Å². The van der Waals surface area contributed by atoms with Gasteiger partial charge in [-0.15, -0.1) is 0 Å². The molecule has 1 spiro atoms. The lowest BCUT2D eigenvalue weighted by atomic mass is 9.55. The highest BCUT2D eigenvalue weighted by Crippen LogP contribution is 2.53. The second-order valence-electron chi connectivity index (χ2n) is 7.03. The van der Waals surface area contributed by atoms with Crippen molar-refractivity contribution in [3.63, 3.8) is 0 Å². The molecular weight excluding hydrogens is 248 g/mol. The lowest BCUT2D eigenvalue weighted by Gasteiger charge is -2.58. The third-order valence-corrected chi connectivity index (χ3v) is 5.95. The summed E-state index contributed by atoms with van der Waals surface area (Å²) in [5.74, 6) is 0. The van der Waals surface area contributed by atoms with Crippen LogP contribution in [0, 0.1) is 5.41 Å².